The van der Waals surface area contributed by atoms with Gasteiger partial charge in [0.25, 0.3) is 0 Å². The van der Waals surface area contributed by atoms with Gasteiger partial charge in [-0.05, 0) is 13.8 Å². The smallest absolute Gasteiger partial charge is 0.0975 e. The highest BCUT2D eigenvalue weighted by molar-refractivity contribution is 6.64. The maximum absolute atomic E-state index is 5.44. The third kappa shape index (κ3) is 4.41. The number of hydrogen-bond donors (Lipinski definition) is 0. The summed E-state index contributed by atoms with van der Waals surface area (Å²) in [6, 6.07) is 0.147. The molecule has 0 heterocycles. The molecule has 0 bridgehead atoms. The third-order valence-corrected chi connectivity index (χ3v) is 1.17. The van der Waals surface area contributed by atoms with Gasteiger partial charge in [-0.2, -0.15) is 0 Å². The molecule has 1 nitrogen and oxygen atoms in total. The maximum Gasteiger partial charge on any atom is 0.0975 e. The number of alkyl halides is 1. The van der Waals surface area contributed by atoms with Crippen molar-refractivity contribution in [1.82, 2.24) is 0 Å². The Morgan fingerprint density at radius 1 is 1.75 bits per heavy atom. The fourth-order valence-electron chi connectivity index (χ4n) is 0.338. The molecule has 0 amide bonds. The SMILES string of the molecule is CC(Cl)=NC(C)CCl. The molecule has 0 aromatic carbocycles. The van der Waals surface area contributed by atoms with Gasteiger partial charge in [-0.25, -0.2) is 0 Å². The van der Waals surface area contributed by atoms with E-state index in [1.807, 2.05) is 6.92 Å². The third-order valence-electron chi connectivity index (χ3n) is 0.622. The van der Waals surface area contributed by atoms with Gasteiger partial charge in [0, 0.05) is 5.88 Å². The summed E-state index contributed by atoms with van der Waals surface area (Å²) in [5.41, 5.74) is 0. The molecule has 48 valence electrons. The van der Waals surface area contributed by atoms with Crippen molar-refractivity contribution in [3.63, 3.8) is 0 Å². The highest BCUT2D eigenvalue weighted by atomic mass is 35.5. The monoisotopic (exact) mass is 153 g/mol. The van der Waals surface area contributed by atoms with E-state index >= 15 is 0 Å². The standard InChI is InChI=1S/C5H9Cl2N/c1-4(3-6)8-5(2)7/h4H,3H2,1-2H3. The summed E-state index contributed by atoms with van der Waals surface area (Å²) in [5.74, 6) is 0.532. The van der Waals surface area contributed by atoms with Gasteiger partial charge in [0.1, 0.15) is 0 Å². The first-order valence-electron chi connectivity index (χ1n) is 2.42. The van der Waals surface area contributed by atoms with Crippen molar-refractivity contribution >= 4 is 28.4 Å². The Morgan fingerprint density at radius 3 is 2.38 bits per heavy atom. The molecule has 0 aromatic rings. The predicted molar refractivity (Wildman–Crippen MR) is 39.1 cm³/mol. The van der Waals surface area contributed by atoms with Gasteiger partial charge in [0.2, 0.25) is 0 Å². The molecule has 8 heavy (non-hydrogen) atoms. The lowest BCUT2D eigenvalue weighted by molar-refractivity contribution is 0.846. The average molecular weight is 154 g/mol. The molecule has 0 rings (SSSR count). The predicted octanol–water partition coefficient (Wildman–Crippen LogP) is 2.27. The minimum absolute atomic E-state index is 0.147. The van der Waals surface area contributed by atoms with E-state index in [0.717, 1.165) is 0 Å². The Morgan fingerprint density at radius 2 is 2.25 bits per heavy atom. The molecule has 0 radical (unpaired) electrons. The van der Waals surface area contributed by atoms with Crippen LogP contribution in [0, 0.1) is 0 Å². The molecule has 0 spiro atoms. The Labute approximate surface area is 59.7 Å². The van der Waals surface area contributed by atoms with Crippen LogP contribution in [-0.4, -0.2) is 17.1 Å². The topological polar surface area (TPSA) is 12.4 Å². The first kappa shape index (κ1) is 8.25. The van der Waals surface area contributed by atoms with E-state index < -0.39 is 0 Å². The number of halogens is 2. The lowest BCUT2D eigenvalue weighted by Crippen LogP contribution is -2.00. The van der Waals surface area contributed by atoms with Gasteiger partial charge in [0.15, 0.2) is 0 Å². The quantitative estimate of drug-likeness (QED) is 0.427. The first-order valence-corrected chi connectivity index (χ1v) is 3.34. The van der Waals surface area contributed by atoms with Crippen LogP contribution in [-0.2, 0) is 0 Å². The van der Waals surface area contributed by atoms with Crippen LogP contribution in [0.4, 0.5) is 0 Å². The summed E-state index contributed by atoms with van der Waals surface area (Å²) < 4.78 is 0. The van der Waals surface area contributed by atoms with Crippen LogP contribution in [0.5, 0.6) is 0 Å². The average Bonchev–Trinajstić information content (AvgIpc) is 1.65. The van der Waals surface area contributed by atoms with Gasteiger partial charge >= 0.3 is 0 Å². The van der Waals surface area contributed by atoms with Crippen LogP contribution in [0.3, 0.4) is 0 Å². The summed E-state index contributed by atoms with van der Waals surface area (Å²) in [6.45, 7) is 3.66. The highest BCUT2D eigenvalue weighted by Crippen LogP contribution is 1.95. The summed E-state index contributed by atoms with van der Waals surface area (Å²) in [5, 5.41) is 0.568. The van der Waals surface area contributed by atoms with Gasteiger partial charge in [-0.15, -0.1) is 11.6 Å². The number of aliphatic imine (C=N–C) groups is 1. The zero-order valence-electron chi connectivity index (χ0n) is 4.99. The lowest BCUT2D eigenvalue weighted by Gasteiger charge is -1.97. The molecule has 1 unspecified atom stereocenters. The van der Waals surface area contributed by atoms with Gasteiger partial charge in [0.05, 0.1) is 11.2 Å². The van der Waals surface area contributed by atoms with Crippen molar-refractivity contribution in [1.29, 1.82) is 0 Å². The molecule has 1 atom stereocenters. The highest BCUT2D eigenvalue weighted by Gasteiger charge is 1.93. The van der Waals surface area contributed by atoms with E-state index in [9.17, 15) is 0 Å². The summed E-state index contributed by atoms with van der Waals surface area (Å²) in [4.78, 5) is 3.95. The lowest BCUT2D eigenvalue weighted by atomic mass is 10.4. The molecule has 0 aliphatic heterocycles. The molecule has 0 aromatic heterocycles. The molecular formula is C5H9Cl2N. The van der Waals surface area contributed by atoms with E-state index in [0.29, 0.717) is 11.1 Å². The molecule has 0 N–H and O–H groups in total. The van der Waals surface area contributed by atoms with Crippen LogP contribution in [0.25, 0.3) is 0 Å². The Bertz CT molecular complexity index is 86.4. The fourth-order valence-corrected chi connectivity index (χ4v) is 0.574. The van der Waals surface area contributed by atoms with Crippen molar-refractivity contribution in [3.05, 3.63) is 0 Å². The number of rotatable bonds is 2. The summed E-state index contributed by atoms with van der Waals surface area (Å²) >= 11 is 10.9. The Hall–Kier alpha value is 0.250. The molecule has 0 fully saturated rings. The van der Waals surface area contributed by atoms with Crippen LogP contribution < -0.4 is 0 Å². The van der Waals surface area contributed by atoms with E-state index in [-0.39, 0.29) is 6.04 Å². The maximum atomic E-state index is 5.44. The Balaban J connectivity index is 3.51. The van der Waals surface area contributed by atoms with Crippen LogP contribution in [0.2, 0.25) is 0 Å². The van der Waals surface area contributed by atoms with Crippen molar-refractivity contribution in [2.45, 2.75) is 19.9 Å². The number of hydrogen-bond acceptors (Lipinski definition) is 1. The molecule has 0 aliphatic rings. The van der Waals surface area contributed by atoms with Crippen LogP contribution >= 0.6 is 23.2 Å². The minimum Gasteiger partial charge on any atom is -0.274 e. The molecule has 0 saturated carbocycles. The van der Waals surface area contributed by atoms with Gasteiger partial charge < -0.3 is 0 Å². The van der Waals surface area contributed by atoms with Gasteiger partial charge in [-0.1, -0.05) is 11.6 Å². The molecule has 0 saturated heterocycles. The van der Waals surface area contributed by atoms with Crippen molar-refractivity contribution in [3.8, 4) is 0 Å². The fraction of sp³-hybridized carbons (Fsp3) is 0.800. The summed E-state index contributed by atoms with van der Waals surface area (Å²) in [6.07, 6.45) is 0. The van der Waals surface area contributed by atoms with Crippen molar-refractivity contribution < 1.29 is 0 Å². The zero-order chi connectivity index (χ0) is 6.57. The van der Waals surface area contributed by atoms with Crippen LogP contribution in [0.1, 0.15) is 13.8 Å². The van der Waals surface area contributed by atoms with Gasteiger partial charge in [-0.3, -0.25) is 4.99 Å². The van der Waals surface area contributed by atoms with Crippen molar-refractivity contribution in [2.24, 2.45) is 4.99 Å². The van der Waals surface area contributed by atoms with Crippen molar-refractivity contribution in [2.75, 3.05) is 5.88 Å². The largest absolute Gasteiger partial charge is 0.274 e. The van der Waals surface area contributed by atoms with Crippen LogP contribution in [0.15, 0.2) is 4.99 Å². The second-order valence-corrected chi connectivity index (χ2v) is 2.49. The molecule has 3 heteroatoms. The van der Waals surface area contributed by atoms with E-state index in [1.54, 1.807) is 6.92 Å². The second kappa shape index (κ2) is 4.16. The van der Waals surface area contributed by atoms with E-state index in [1.165, 1.54) is 0 Å². The zero-order valence-corrected chi connectivity index (χ0v) is 6.50. The second-order valence-electron chi connectivity index (χ2n) is 1.63. The first-order chi connectivity index (χ1) is 3.66. The normalized spacial score (nSPS) is 16.2. The molecular weight excluding hydrogens is 145 g/mol. The van der Waals surface area contributed by atoms with E-state index in [4.69, 9.17) is 23.2 Å². The van der Waals surface area contributed by atoms with E-state index in [2.05, 4.69) is 4.99 Å². The molecule has 0 aliphatic carbocycles. The summed E-state index contributed by atoms with van der Waals surface area (Å²) in [7, 11) is 0. The number of nitrogens with zero attached hydrogens (tertiary/aromatic N) is 1. The minimum atomic E-state index is 0.147. The Kier molecular flexibility index (Phi) is 4.29.